The molecule has 2 heterocycles. The van der Waals surface area contributed by atoms with E-state index in [0.717, 1.165) is 37.3 Å². The van der Waals surface area contributed by atoms with Crippen LogP contribution in [0.1, 0.15) is 46.6 Å². The van der Waals surface area contributed by atoms with Gasteiger partial charge in [0.1, 0.15) is 10.7 Å². The SMILES string of the molecule is Cc1cc(F)ccc1NC(=O)CCC1CCCN(C(=O)c2snnc2C)C1. The normalized spacial score (nSPS) is 17.0. The summed E-state index contributed by atoms with van der Waals surface area (Å²) < 4.78 is 17.0. The van der Waals surface area contributed by atoms with Crippen molar-refractivity contribution in [1.29, 1.82) is 0 Å². The Hall–Kier alpha value is -2.35. The molecular weight excluding hydrogens is 367 g/mol. The third-order valence-electron chi connectivity index (χ3n) is 4.89. The number of amides is 2. The number of nitrogens with zero attached hydrogens (tertiary/aromatic N) is 3. The Bertz CT molecular complexity index is 839. The van der Waals surface area contributed by atoms with Gasteiger partial charge in [0, 0.05) is 25.2 Å². The van der Waals surface area contributed by atoms with Crippen LogP contribution in [0.25, 0.3) is 0 Å². The van der Waals surface area contributed by atoms with Crippen molar-refractivity contribution >= 4 is 29.0 Å². The van der Waals surface area contributed by atoms with Crippen molar-refractivity contribution in [3.8, 4) is 0 Å². The van der Waals surface area contributed by atoms with E-state index in [1.165, 1.54) is 12.1 Å². The molecule has 1 aromatic heterocycles. The van der Waals surface area contributed by atoms with Crippen molar-refractivity contribution in [3.63, 3.8) is 0 Å². The van der Waals surface area contributed by atoms with Crippen LogP contribution >= 0.6 is 11.5 Å². The lowest BCUT2D eigenvalue weighted by atomic mass is 9.93. The maximum atomic E-state index is 13.2. The number of carbonyl (C=O) groups is 2. The van der Waals surface area contributed by atoms with Crippen molar-refractivity contribution in [1.82, 2.24) is 14.5 Å². The van der Waals surface area contributed by atoms with Gasteiger partial charge in [-0.2, -0.15) is 0 Å². The first-order valence-corrected chi connectivity index (χ1v) is 9.85. The summed E-state index contributed by atoms with van der Waals surface area (Å²) in [5.41, 5.74) is 2.00. The van der Waals surface area contributed by atoms with Gasteiger partial charge >= 0.3 is 0 Å². The molecule has 1 saturated heterocycles. The number of likely N-dealkylation sites (tertiary alicyclic amines) is 1. The van der Waals surface area contributed by atoms with Crippen LogP contribution in [0.15, 0.2) is 18.2 Å². The molecular formula is C19H23FN4O2S. The van der Waals surface area contributed by atoms with Crippen LogP contribution in [0.4, 0.5) is 10.1 Å². The first kappa shape index (κ1) is 19.4. The first-order chi connectivity index (χ1) is 12.9. The van der Waals surface area contributed by atoms with Crippen molar-refractivity contribution in [2.24, 2.45) is 5.92 Å². The summed E-state index contributed by atoms with van der Waals surface area (Å²) in [6.07, 6.45) is 3.04. The van der Waals surface area contributed by atoms with Crippen molar-refractivity contribution in [3.05, 3.63) is 40.2 Å². The summed E-state index contributed by atoms with van der Waals surface area (Å²) >= 11 is 1.13. The van der Waals surface area contributed by atoms with E-state index in [1.54, 1.807) is 19.9 Å². The maximum Gasteiger partial charge on any atom is 0.267 e. The monoisotopic (exact) mass is 390 g/mol. The summed E-state index contributed by atoms with van der Waals surface area (Å²) in [7, 11) is 0. The number of halogens is 1. The van der Waals surface area contributed by atoms with Gasteiger partial charge in [-0.25, -0.2) is 4.39 Å². The standard InChI is InChI=1S/C19H23FN4O2S/c1-12-10-15(20)6-7-16(12)21-17(25)8-5-14-4-3-9-24(11-14)19(26)18-13(2)22-23-27-18/h6-7,10,14H,3-5,8-9,11H2,1-2H3,(H,21,25). The molecule has 1 N–H and O–H groups in total. The molecule has 1 atom stereocenters. The van der Waals surface area contributed by atoms with E-state index in [-0.39, 0.29) is 17.6 Å². The van der Waals surface area contributed by atoms with Crippen LogP contribution in [0.2, 0.25) is 0 Å². The van der Waals surface area contributed by atoms with Gasteiger partial charge in [-0.1, -0.05) is 4.49 Å². The second-order valence-electron chi connectivity index (χ2n) is 6.99. The minimum absolute atomic E-state index is 0.0152. The molecule has 2 aromatic rings. The van der Waals surface area contributed by atoms with Crippen molar-refractivity contribution < 1.29 is 14.0 Å². The van der Waals surface area contributed by atoms with Gasteiger partial charge in [-0.15, -0.1) is 5.10 Å². The van der Waals surface area contributed by atoms with E-state index in [2.05, 4.69) is 14.9 Å². The van der Waals surface area contributed by atoms with E-state index >= 15 is 0 Å². The number of aryl methyl sites for hydroxylation is 2. The highest BCUT2D eigenvalue weighted by Crippen LogP contribution is 2.24. The number of anilines is 1. The average Bonchev–Trinajstić information content (AvgIpc) is 3.08. The van der Waals surface area contributed by atoms with Gasteiger partial charge in [0.25, 0.3) is 5.91 Å². The van der Waals surface area contributed by atoms with Gasteiger partial charge in [0.2, 0.25) is 5.91 Å². The number of hydrogen-bond acceptors (Lipinski definition) is 5. The van der Waals surface area contributed by atoms with Crippen molar-refractivity contribution in [2.45, 2.75) is 39.5 Å². The third kappa shape index (κ3) is 4.88. The topological polar surface area (TPSA) is 75.2 Å². The summed E-state index contributed by atoms with van der Waals surface area (Å²) in [4.78, 5) is 27.3. The zero-order valence-electron chi connectivity index (χ0n) is 15.5. The van der Waals surface area contributed by atoms with Crippen LogP contribution < -0.4 is 5.32 Å². The number of rotatable bonds is 5. The number of aromatic nitrogens is 2. The first-order valence-electron chi connectivity index (χ1n) is 9.08. The second kappa shape index (κ2) is 8.56. The predicted octanol–water partition coefficient (Wildman–Crippen LogP) is 3.57. The van der Waals surface area contributed by atoms with E-state index in [0.29, 0.717) is 40.7 Å². The largest absolute Gasteiger partial charge is 0.338 e. The fourth-order valence-corrected chi connectivity index (χ4v) is 4.00. The average molecular weight is 390 g/mol. The summed E-state index contributed by atoms with van der Waals surface area (Å²) in [5, 5.41) is 6.75. The Balaban J connectivity index is 1.51. The molecule has 0 spiro atoms. The molecule has 0 bridgehead atoms. The van der Waals surface area contributed by atoms with Gasteiger partial charge in [0.05, 0.1) is 5.69 Å². The minimum atomic E-state index is -0.316. The molecule has 0 radical (unpaired) electrons. The zero-order valence-corrected chi connectivity index (χ0v) is 16.3. The maximum absolute atomic E-state index is 13.2. The lowest BCUT2D eigenvalue weighted by Crippen LogP contribution is -2.40. The quantitative estimate of drug-likeness (QED) is 0.847. The van der Waals surface area contributed by atoms with Crippen LogP contribution in [0.3, 0.4) is 0 Å². The molecule has 144 valence electrons. The van der Waals surface area contributed by atoms with Gasteiger partial charge in [-0.05, 0) is 74.3 Å². The van der Waals surface area contributed by atoms with E-state index < -0.39 is 0 Å². The van der Waals surface area contributed by atoms with Crippen molar-refractivity contribution in [2.75, 3.05) is 18.4 Å². The number of hydrogen-bond donors (Lipinski definition) is 1. The number of benzene rings is 1. The molecule has 1 fully saturated rings. The molecule has 8 heteroatoms. The molecule has 1 aromatic carbocycles. The highest BCUT2D eigenvalue weighted by atomic mass is 32.1. The summed E-state index contributed by atoms with van der Waals surface area (Å²) in [6.45, 7) is 4.94. The van der Waals surface area contributed by atoms with Gasteiger partial charge in [-0.3, -0.25) is 9.59 Å². The molecule has 27 heavy (non-hydrogen) atoms. The van der Waals surface area contributed by atoms with E-state index in [4.69, 9.17) is 0 Å². The molecule has 2 amide bonds. The number of carbonyl (C=O) groups excluding carboxylic acids is 2. The molecule has 1 aliphatic heterocycles. The fraction of sp³-hybridized carbons (Fsp3) is 0.474. The second-order valence-corrected chi connectivity index (χ2v) is 7.75. The van der Waals surface area contributed by atoms with Gasteiger partial charge in [0.15, 0.2) is 0 Å². The fourth-order valence-electron chi connectivity index (χ4n) is 3.37. The van der Waals surface area contributed by atoms with E-state index in [9.17, 15) is 14.0 Å². The van der Waals surface area contributed by atoms with Crippen LogP contribution in [0, 0.1) is 25.6 Å². The Morgan fingerprint density at radius 1 is 1.37 bits per heavy atom. The lowest BCUT2D eigenvalue weighted by molar-refractivity contribution is -0.116. The van der Waals surface area contributed by atoms with Crippen LogP contribution in [-0.2, 0) is 4.79 Å². The zero-order chi connectivity index (χ0) is 19.4. The Labute approximate surface area is 161 Å². The molecule has 0 saturated carbocycles. The van der Waals surface area contributed by atoms with Gasteiger partial charge < -0.3 is 10.2 Å². The molecule has 1 unspecified atom stereocenters. The highest BCUT2D eigenvalue weighted by Gasteiger charge is 2.27. The van der Waals surface area contributed by atoms with Crippen LogP contribution in [0.5, 0.6) is 0 Å². The summed E-state index contributed by atoms with van der Waals surface area (Å²) in [6, 6.07) is 4.31. The number of nitrogens with one attached hydrogen (secondary N) is 1. The Morgan fingerprint density at radius 3 is 2.89 bits per heavy atom. The smallest absolute Gasteiger partial charge is 0.267 e. The van der Waals surface area contributed by atoms with Crippen LogP contribution in [-0.4, -0.2) is 39.4 Å². The van der Waals surface area contributed by atoms with E-state index in [1.807, 2.05) is 4.90 Å². The number of piperidine rings is 1. The molecule has 0 aliphatic carbocycles. The molecule has 1 aliphatic rings. The third-order valence-corrected chi connectivity index (χ3v) is 5.71. The lowest BCUT2D eigenvalue weighted by Gasteiger charge is -2.32. The minimum Gasteiger partial charge on any atom is -0.338 e. The Morgan fingerprint density at radius 2 is 2.19 bits per heavy atom. The summed E-state index contributed by atoms with van der Waals surface area (Å²) in [5.74, 6) is -0.123. The molecule has 3 rings (SSSR count). The predicted molar refractivity (Wildman–Crippen MR) is 102 cm³/mol. The Kier molecular flexibility index (Phi) is 6.15. The molecule has 6 nitrogen and oxygen atoms in total. The highest BCUT2D eigenvalue weighted by molar-refractivity contribution is 7.07.